The number of esters is 1. The summed E-state index contributed by atoms with van der Waals surface area (Å²) in [6, 6.07) is 1.06. The fourth-order valence-electron chi connectivity index (χ4n) is 3.06. The van der Waals surface area contributed by atoms with Gasteiger partial charge in [0.2, 0.25) is 0 Å². The molecule has 110 valence electrons. The number of hydrogen-bond acceptors (Lipinski definition) is 4. The Bertz CT molecular complexity index is 283. The lowest BCUT2D eigenvalue weighted by Gasteiger charge is -2.31. The first-order chi connectivity index (χ1) is 9.24. The molecule has 0 aromatic carbocycles. The van der Waals surface area contributed by atoms with Crippen LogP contribution in [0.1, 0.15) is 45.4 Å². The van der Waals surface area contributed by atoms with Crippen molar-refractivity contribution in [3.63, 3.8) is 0 Å². The smallest absolute Gasteiger partial charge is 0.308 e. The second-order valence-electron chi connectivity index (χ2n) is 5.87. The highest BCUT2D eigenvalue weighted by molar-refractivity contribution is 5.72. The fourth-order valence-corrected chi connectivity index (χ4v) is 3.06. The monoisotopic (exact) mass is 269 g/mol. The van der Waals surface area contributed by atoms with Gasteiger partial charge in [-0.15, -0.1) is 0 Å². The van der Waals surface area contributed by atoms with Crippen molar-refractivity contribution >= 4 is 5.97 Å². The van der Waals surface area contributed by atoms with E-state index in [0.29, 0.717) is 18.7 Å². The van der Waals surface area contributed by atoms with E-state index in [2.05, 4.69) is 5.32 Å². The standard InChI is InChI=1S/C15H27NO3/c1-3-19-15(17)12-6-8-13(9-7-12)16-14(10-18-2)11-4-5-11/h11-14,16H,3-10H2,1-2H3. The van der Waals surface area contributed by atoms with Gasteiger partial charge in [-0.05, 0) is 51.4 Å². The van der Waals surface area contributed by atoms with Gasteiger partial charge in [0, 0.05) is 19.2 Å². The molecule has 4 heteroatoms. The molecule has 0 heterocycles. The van der Waals surface area contributed by atoms with E-state index < -0.39 is 0 Å². The van der Waals surface area contributed by atoms with Crippen molar-refractivity contribution in [3.8, 4) is 0 Å². The van der Waals surface area contributed by atoms with Gasteiger partial charge in [0.05, 0.1) is 19.1 Å². The lowest BCUT2D eigenvalue weighted by atomic mass is 9.85. The number of carbonyl (C=O) groups is 1. The zero-order chi connectivity index (χ0) is 13.7. The maximum atomic E-state index is 11.7. The quantitative estimate of drug-likeness (QED) is 0.719. The first kappa shape index (κ1) is 14.8. The van der Waals surface area contributed by atoms with Crippen LogP contribution in [0.3, 0.4) is 0 Å². The van der Waals surface area contributed by atoms with Crippen LogP contribution in [0.25, 0.3) is 0 Å². The summed E-state index contributed by atoms with van der Waals surface area (Å²) in [7, 11) is 1.77. The minimum Gasteiger partial charge on any atom is -0.466 e. The Morgan fingerprint density at radius 3 is 2.42 bits per heavy atom. The molecular formula is C15H27NO3. The van der Waals surface area contributed by atoms with Gasteiger partial charge in [-0.2, -0.15) is 0 Å². The molecule has 2 aliphatic carbocycles. The van der Waals surface area contributed by atoms with Gasteiger partial charge in [0.1, 0.15) is 0 Å². The molecule has 1 unspecified atom stereocenters. The summed E-state index contributed by atoms with van der Waals surface area (Å²) < 4.78 is 10.4. The lowest BCUT2D eigenvalue weighted by Crippen LogP contribution is -2.44. The number of carbonyl (C=O) groups excluding carboxylic acids is 1. The summed E-state index contributed by atoms with van der Waals surface area (Å²) in [5, 5.41) is 3.73. The molecule has 0 bridgehead atoms. The topological polar surface area (TPSA) is 47.6 Å². The first-order valence-corrected chi connectivity index (χ1v) is 7.66. The summed E-state index contributed by atoms with van der Waals surface area (Å²) in [6.07, 6.45) is 6.74. The van der Waals surface area contributed by atoms with Gasteiger partial charge in [-0.25, -0.2) is 0 Å². The van der Waals surface area contributed by atoms with E-state index in [4.69, 9.17) is 9.47 Å². The normalized spacial score (nSPS) is 28.9. The maximum Gasteiger partial charge on any atom is 0.308 e. The van der Waals surface area contributed by atoms with Crippen molar-refractivity contribution in [2.24, 2.45) is 11.8 Å². The van der Waals surface area contributed by atoms with Gasteiger partial charge < -0.3 is 14.8 Å². The lowest BCUT2D eigenvalue weighted by molar-refractivity contribution is -0.149. The number of nitrogens with one attached hydrogen (secondary N) is 1. The van der Waals surface area contributed by atoms with Gasteiger partial charge in [-0.3, -0.25) is 4.79 Å². The van der Waals surface area contributed by atoms with E-state index in [-0.39, 0.29) is 11.9 Å². The molecule has 2 rings (SSSR count). The first-order valence-electron chi connectivity index (χ1n) is 7.66. The summed E-state index contributed by atoms with van der Waals surface area (Å²) >= 11 is 0. The van der Waals surface area contributed by atoms with Crippen molar-refractivity contribution in [2.75, 3.05) is 20.3 Å². The van der Waals surface area contributed by atoms with Crippen molar-refractivity contribution in [2.45, 2.75) is 57.5 Å². The highest BCUT2D eigenvalue weighted by atomic mass is 16.5. The van der Waals surface area contributed by atoms with Gasteiger partial charge in [0.15, 0.2) is 0 Å². The van der Waals surface area contributed by atoms with Crippen molar-refractivity contribution in [3.05, 3.63) is 0 Å². The zero-order valence-electron chi connectivity index (χ0n) is 12.2. The molecule has 0 radical (unpaired) electrons. The highest BCUT2D eigenvalue weighted by Crippen LogP contribution is 2.34. The second-order valence-corrected chi connectivity index (χ2v) is 5.87. The van der Waals surface area contributed by atoms with Crippen LogP contribution in [0.5, 0.6) is 0 Å². The number of hydrogen-bond donors (Lipinski definition) is 1. The molecule has 19 heavy (non-hydrogen) atoms. The molecule has 0 aromatic rings. The van der Waals surface area contributed by atoms with E-state index in [9.17, 15) is 4.79 Å². The molecule has 0 aliphatic heterocycles. The summed E-state index contributed by atoms with van der Waals surface area (Å²) in [6.45, 7) is 3.17. The molecule has 0 aromatic heterocycles. The molecule has 0 amide bonds. The Morgan fingerprint density at radius 1 is 1.21 bits per heavy atom. The predicted octanol–water partition coefficient (Wildman–Crippen LogP) is 2.12. The highest BCUT2D eigenvalue weighted by Gasteiger charge is 2.34. The van der Waals surface area contributed by atoms with Gasteiger partial charge in [-0.1, -0.05) is 0 Å². The van der Waals surface area contributed by atoms with Crippen molar-refractivity contribution in [1.82, 2.24) is 5.32 Å². The van der Waals surface area contributed by atoms with Crippen LogP contribution in [0.15, 0.2) is 0 Å². The largest absolute Gasteiger partial charge is 0.466 e. The molecule has 2 aliphatic rings. The molecule has 0 spiro atoms. The van der Waals surface area contributed by atoms with Crippen LogP contribution in [0, 0.1) is 11.8 Å². The molecule has 2 fully saturated rings. The second kappa shape index (κ2) is 7.25. The Kier molecular flexibility index (Phi) is 5.64. The number of rotatable bonds is 7. The molecule has 0 saturated heterocycles. The van der Waals surface area contributed by atoms with Crippen LogP contribution in [0.4, 0.5) is 0 Å². The number of ether oxygens (including phenoxy) is 2. The van der Waals surface area contributed by atoms with Crippen molar-refractivity contribution < 1.29 is 14.3 Å². The molecule has 1 atom stereocenters. The Balaban J connectivity index is 1.71. The Hall–Kier alpha value is -0.610. The minimum atomic E-state index is -0.00316. The van der Waals surface area contributed by atoms with E-state index in [1.165, 1.54) is 12.8 Å². The van der Waals surface area contributed by atoms with Crippen molar-refractivity contribution in [1.29, 1.82) is 0 Å². The molecule has 2 saturated carbocycles. The molecule has 1 N–H and O–H groups in total. The average molecular weight is 269 g/mol. The SMILES string of the molecule is CCOC(=O)C1CCC(NC(COC)C2CC2)CC1. The summed E-state index contributed by atoms with van der Waals surface area (Å²) in [5.74, 6) is 0.930. The third-order valence-electron chi connectivity index (χ3n) is 4.33. The Labute approximate surface area is 116 Å². The van der Waals surface area contributed by atoms with E-state index in [1.54, 1.807) is 7.11 Å². The van der Waals surface area contributed by atoms with E-state index in [0.717, 1.165) is 38.2 Å². The van der Waals surface area contributed by atoms with Gasteiger partial charge in [0.25, 0.3) is 0 Å². The van der Waals surface area contributed by atoms with Crippen LogP contribution in [-0.2, 0) is 14.3 Å². The van der Waals surface area contributed by atoms with Crippen LogP contribution in [0.2, 0.25) is 0 Å². The minimum absolute atomic E-state index is 0.00316. The fraction of sp³-hybridized carbons (Fsp3) is 0.933. The maximum absolute atomic E-state index is 11.7. The average Bonchev–Trinajstić information content (AvgIpc) is 3.24. The molecule has 4 nitrogen and oxygen atoms in total. The van der Waals surface area contributed by atoms with Crippen LogP contribution < -0.4 is 5.32 Å². The zero-order valence-corrected chi connectivity index (χ0v) is 12.2. The predicted molar refractivity (Wildman–Crippen MR) is 73.9 cm³/mol. The number of methoxy groups -OCH3 is 1. The summed E-state index contributed by atoms with van der Waals surface area (Å²) in [5.41, 5.74) is 0. The third kappa shape index (κ3) is 4.46. The Morgan fingerprint density at radius 2 is 1.89 bits per heavy atom. The third-order valence-corrected chi connectivity index (χ3v) is 4.33. The summed E-state index contributed by atoms with van der Waals surface area (Å²) in [4.78, 5) is 11.7. The van der Waals surface area contributed by atoms with Gasteiger partial charge >= 0.3 is 5.97 Å². The molecular weight excluding hydrogens is 242 g/mol. The van der Waals surface area contributed by atoms with E-state index >= 15 is 0 Å². The van der Waals surface area contributed by atoms with Crippen LogP contribution >= 0.6 is 0 Å². The van der Waals surface area contributed by atoms with E-state index in [1.807, 2.05) is 6.92 Å². The van der Waals surface area contributed by atoms with Crippen LogP contribution in [-0.4, -0.2) is 38.4 Å².